The zero-order valence-electron chi connectivity index (χ0n) is 16.0. The van der Waals surface area contributed by atoms with Gasteiger partial charge in [0.15, 0.2) is 5.65 Å². The smallest absolute Gasteiger partial charge is 0.272 e. The first-order valence-corrected chi connectivity index (χ1v) is 9.08. The first-order chi connectivity index (χ1) is 14.1. The number of benzene rings is 1. The third kappa shape index (κ3) is 3.57. The molecule has 0 bridgehead atoms. The third-order valence-corrected chi connectivity index (χ3v) is 4.48. The molecule has 9 nitrogen and oxygen atoms in total. The highest BCUT2D eigenvalue weighted by Crippen LogP contribution is 2.24. The lowest BCUT2D eigenvalue weighted by molar-refractivity contribution is 0.0847. The Labute approximate surface area is 166 Å². The summed E-state index contributed by atoms with van der Waals surface area (Å²) in [7, 11) is 1.71. The van der Waals surface area contributed by atoms with E-state index in [9.17, 15) is 9.59 Å². The Morgan fingerprint density at radius 3 is 2.48 bits per heavy atom. The minimum absolute atomic E-state index is 0.344. The Balaban J connectivity index is 1.67. The van der Waals surface area contributed by atoms with Crippen molar-refractivity contribution in [2.45, 2.75) is 13.5 Å². The van der Waals surface area contributed by atoms with Crippen molar-refractivity contribution in [3.8, 4) is 11.3 Å². The summed E-state index contributed by atoms with van der Waals surface area (Å²) in [4.78, 5) is 29.7. The number of aromatic nitrogens is 5. The van der Waals surface area contributed by atoms with Gasteiger partial charge in [-0.3, -0.25) is 25.1 Å². The SMILES string of the molecule is CCn1ncc2c(C(=O)NNC(=O)c3cnn(C)c3)cc(-c3ccccc3)nc21. The molecule has 0 radical (unpaired) electrons. The molecule has 4 aromatic rings. The first-order valence-electron chi connectivity index (χ1n) is 9.08. The normalized spacial score (nSPS) is 10.8. The average molecular weight is 389 g/mol. The van der Waals surface area contributed by atoms with Crippen LogP contribution in [0, 0.1) is 0 Å². The van der Waals surface area contributed by atoms with Crippen LogP contribution in [0.3, 0.4) is 0 Å². The lowest BCUT2D eigenvalue weighted by atomic mass is 10.1. The number of carbonyl (C=O) groups excluding carboxylic acids is 2. The molecule has 2 N–H and O–H groups in total. The van der Waals surface area contributed by atoms with Gasteiger partial charge < -0.3 is 0 Å². The van der Waals surface area contributed by atoms with Crippen molar-refractivity contribution in [3.63, 3.8) is 0 Å². The summed E-state index contributed by atoms with van der Waals surface area (Å²) in [6.45, 7) is 2.57. The molecule has 29 heavy (non-hydrogen) atoms. The van der Waals surface area contributed by atoms with Crippen LogP contribution in [0.2, 0.25) is 0 Å². The second-order valence-electron chi connectivity index (χ2n) is 6.43. The van der Waals surface area contributed by atoms with Crippen molar-refractivity contribution in [3.05, 3.63) is 66.1 Å². The van der Waals surface area contributed by atoms with Gasteiger partial charge in [-0.2, -0.15) is 10.2 Å². The van der Waals surface area contributed by atoms with Crippen molar-refractivity contribution in [2.24, 2.45) is 7.05 Å². The van der Waals surface area contributed by atoms with Crippen LogP contribution in [0.5, 0.6) is 0 Å². The van der Waals surface area contributed by atoms with Gasteiger partial charge in [-0.1, -0.05) is 30.3 Å². The minimum Gasteiger partial charge on any atom is -0.275 e. The number of nitrogens with zero attached hydrogens (tertiary/aromatic N) is 5. The maximum absolute atomic E-state index is 12.9. The van der Waals surface area contributed by atoms with Crippen molar-refractivity contribution in [1.29, 1.82) is 0 Å². The summed E-state index contributed by atoms with van der Waals surface area (Å²) in [5.74, 6) is -0.910. The molecule has 0 saturated carbocycles. The number of amides is 2. The Hall–Kier alpha value is -4.01. The summed E-state index contributed by atoms with van der Waals surface area (Å²) in [6, 6.07) is 11.3. The molecule has 0 unspecified atom stereocenters. The molecule has 9 heteroatoms. The summed E-state index contributed by atoms with van der Waals surface area (Å²) in [6.07, 6.45) is 4.59. The van der Waals surface area contributed by atoms with E-state index in [1.165, 1.54) is 10.9 Å². The van der Waals surface area contributed by atoms with Crippen LogP contribution in [0.15, 0.2) is 55.0 Å². The lowest BCUT2D eigenvalue weighted by Crippen LogP contribution is -2.41. The summed E-state index contributed by atoms with van der Waals surface area (Å²) in [5, 5.41) is 8.87. The number of hydrazine groups is 1. The molecule has 0 aliphatic heterocycles. The van der Waals surface area contributed by atoms with Gasteiger partial charge in [0.05, 0.1) is 34.6 Å². The first kappa shape index (κ1) is 18.4. The maximum atomic E-state index is 12.9. The summed E-state index contributed by atoms with van der Waals surface area (Å²) >= 11 is 0. The van der Waals surface area contributed by atoms with E-state index < -0.39 is 11.8 Å². The Morgan fingerprint density at radius 1 is 1.03 bits per heavy atom. The fourth-order valence-electron chi connectivity index (χ4n) is 3.02. The number of carbonyl (C=O) groups is 2. The third-order valence-electron chi connectivity index (χ3n) is 4.48. The van der Waals surface area contributed by atoms with E-state index in [0.29, 0.717) is 34.4 Å². The standard InChI is InChI=1S/C20H19N7O2/c1-3-27-18-16(11-22-27)15(9-17(23-18)13-7-5-4-6-8-13)20(29)25-24-19(28)14-10-21-26(2)12-14/h4-12H,3H2,1-2H3,(H,24,28)(H,25,29). The Morgan fingerprint density at radius 2 is 1.79 bits per heavy atom. The molecule has 3 heterocycles. The van der Waals surface area contributed by atoms with Crippen molar-refractivity contribution >= 4 is 22.8 Å². The molecule has 0 saturated heterocycles. The van der Waals surface area contributed by atoms with E-state index in [0.717, 1.165) is 5.56 Å². The average Bonchev–Trinajstić information content (AvgIpc) is 3.37. The van der Waals surface area contributed by atoms with E-state index in [-0.39, 0.29) is 0 Å². The molecule has 146 valence electrons. The summed E-state index contributed by atoms with van der Waals surface area (Å²) < 4.78 is 3.24. The van der Waals surface area contributed by atoms with Gasteiger partial charge in [0.25, 0.3) is 11.8 Å². The van der Waals surface area contributed by atoms with Gasteiger partial charge >= 0.3 is 0 Å². The topological polar surface area (TPSA) is 107 Å². The molecule has 0 spiro atoms. The lowest BCUT2D eigenvalue weighted by Gasteiger charge is -2.10. The number of nitrogens with one attached hydrogen (secondary N) is 2. The van der Waals surface area contributed by atoms with Crippen LogP contribution < -0.4 is 10.9 Å². The number of hydrogen-bond donors (Lipinski definition) is 2. The second kappa shape index (κ2) is 7.55. The quantitative estimate of drug-likeness (QED) is 0.519. The fraction of sp³-hybridized carbons (Fsp3) is 0.150. The minimum atomic E-state index is -0.456. The molecule has 1 aromatic carbocycles. The van der Waals surface area contributed by atoms with Gasteiger partial charge in [0, 0.05) is 25.4 Å². The van der Waals surface area contributed by atoms with Crippen LogP contribution >= 0.6 is 0 Å². The number of hydrogen-bond acceptors (Lipinski definition) is 5. The van der Waals surface area contributed by atoms with Crippen LogP contribution in [0.4, 0.5) is 0 Å². The van der Waals surface area contributed by atoms with E-state index >= 15 is 0 Å². The molecule has 0 fully saturated rings. The van der Waals surface area contributed by atoms with Gasteiger partial charge in [0.1, 0.15) is 0 Å². The zero-order valence-corrected chi connectivity index (χ0v) is 16.0. The van der Waals surface area contributed by atoms with Crippen molar-refractivity contribution in [2.75, 3.05) is 0 Å². The largest absolute Gasteiger partial charge is 0.275 e. The highest BCUT2D eigenvalue weighted by molar-refractivity contribution is 6.07. The highest BCUT2D eigenvalue weighted by atomic mass is 16.2. The maximum Gasteiger partial charge on any atom is 0.272 e. The van der Waals surface area contributed by atoms with Gasteiger partial charge in [0.2, 0.25) is 0 Å². The van der Waals surface area contributed by atoms with E-state index in [1.807, 2.05) is 37.3 Å². The predicted molar refractivity (Wildman–Crippen MR) is 107 cm³/mol. The van der Waals surface area contributed by atoms with Crippen LogP contribution in [0.1, 0.15) is 27.6 Å². The van der Waals surface area contributed by atoms with E-state index in [1.54, 1.807) is 30.2 Å². The van der Waals surface area contributed by atoms with Gasteiger partial charge in [-0.05, 0) is 13.0 Å². The second-order valence-corrected chi connectivity index (χ2v) is 6.43. The van der Waals surface area contributed by atoms with Gasteiger partial charge in [-0.15, -0.1) is 0 Å². The monoisotopic (exact) mass is 389 g/mol. The van der Waals surface area contributed by atoms with Crippen LogP contribution in [-0.2, 0) is 13.6 Å². The molecule has 4 rings (SSSR count). The van der Waals surface area contributed by atoms with E-state index in [4.69, 9.17) is 0 Å². The molecule has 2 amide bonds. The molecule has 0 atom stereocenters. The molecule has 3 aromatic heterocycles. The number of fused-ring (bicyclic) bond motifs is 1. The number of rotatable bonds is 4. The van der Waals surface area contributed by atoms with Crippen molar-refractivity contribution < 1.29 is 9.59 Å². The molecule has 0 aliphatic carbocycles. The van der Waals surface area contributed by atoms with Crippen LogP contribution in [-0.4, -0.2) is 36.4 Å². The van der Waals surface area contributed by atoms with Crippen molar-refractivity contribution in [1.82, 2.24) is 35.4 Å². The number of pyridine rings is 1. The fourth-order valence-corrected chi connectivity index (χ4v) is 3.02. The Bertz CT molecular complexity index is 1190. The van der Waals surface area contributed by atoms with E-state index in [2.05, 4.69) is 26.0 Å². The Kier molecular flexibility index (Phi) is 4.78. The number of aryl methyl sites for hydroxylation is 2. The predicted octanol–water partition coefficient (Wildman–Crippen LogP) is 1.93. The molecular weight excluding hydrogens is 370 g/mol. The van der Waals surface area contributed by atoms with Crippen LogP contribution in [0.25, 0.3) is 22.3 Å². The van der Waals surface area contributed by atoms with Gasteiger partial charge in [-0.25, -0.2) is 9.67 Å². The highest BCUT2D eigenvalue weighted by Gasteiger charge is 2.18. The molecule has 0 aliphatic rings. The zero-order chi connectivity index (χ0) is 20.4. The summed E-state index contributed by atoms with van der Waals surface area (Å²) in [5.41, 5.74) is 7.74. The molecular formula is C20H19N7O2.